The highest BCUT2D eigenvalue weighted by Crippen LogP contribution is 2.27. The first-order chi connectivity index (χ1) is 16.1. The fourth-order valence-electron chi connectivity index (χ4n) is 4.37. The normalized spacial score (nSPS) is 14.9. The summed E-state index contributed by atoms with van der Waals surface area (Å²) in [5.41, 5.74) is 3.50. The highest BCUT2D eigenvalue weighted by atomic mass is 32.2. The third kappa shape index (κ3) is 4.22. The van der Waals surface area contributed by atoms with Crippen LogP contribution in [-0.4, -0.2) is 59.2 Å². The van der Waals surface area contributed by atoms with Crippen LogP contribution in [0.25, 0.3) is 5.69 Å². The topological polar surface area (TPSA) is 106 Å². The highest BCUT2D eigenvalue weighted by Gasteiger charge is 2.33. The fourth-order valence-corrected chi connectivity index (χ4v) is 6.04. The van der Waals surface area contributed by atoms with Crippen LogP contribution in [0.5, 0.6) is 0 Å². The van der Waals surface area contributed by atoms with Gasteiger partial charge in [-0.3, -0.25) is 14.9 Å². The van der Waals surface area contributed by atoms with Crippen LogP contribution in [0.15, 0.2) is 59.5 Å². The third-order valence-corrected chi connectivity index (χ3v) is 8.24. The second kappa shape index (κ2) is 9.03. The first-order valence-corrected chi connectivity index (χ1v) is 12.3. The van der Waals surface area contributed by atoms with E-state index in [9.17, 15) is 23.3 Å². The Morgan fingerprint density at radius 3 is 2.21 bits per heavy atom. The molecule has 1 aliphatic heterocycles. The lowest BCUT2D eigenvalue weighted by atomic mass is 10.2. The Bertz CT molecular complexity index is 1360. The van der Waals surface area contributed by atoms with Crippen molar-refractivity contribution in [1.82, 2.24) is 13.8 Å². The number of rotatable bonds is 5. The Morgan fingerprint density at radius 1 is 0.941 bits per heavy atom. The molecule has 0 saturated carbocycles. The summed E-state index contributed by atoms with van der Waals surface area (Å²) >= 11 is 0. The lowest BCUT2D eigenvalue weighted by Gasteiger charge is -2.34. The Balaban J connectivity index is 1.52. The zero-order valence-electron chi connectivity index (χ0n) is 19.3. The number of nitro benzene ring substituents is 1. The predicted octanol–water partition coefficient (Wildman–Crippen LogP) is 3.46. The van der Waals surface area contributed by atoms with Crippen LogP contribution in [0.3, 0.4) is 0 Å². The van der Waals surface area contributed by atoms with Crippen molar-refractivity contribution in [3.05, 3.63) is 87.2 Å². The van der Waals surface area contributed by atoms with E-state index >= 15 is 0 Å². The predicted molar refractivity (Wildman–Crippen MR) is 128 cm³/mol. The summed E-state index contributed by atoms with van der Waals surface area (Å²) in [4.78, 5) is 25.4. The molecule has 10 heteroatoms. The largest absolute Gasteiger partial charge is 0.336 e. The Hall–Kier alpha value is -3.50. The van der Waals surface area contributed by atoms with E-state index in [1.807, 2.05) is 54.8 Å². The molecular weight excluding hydrogens is 456 g/mol. The van der Waals surface area contributed by atoms with Crippen molar-refractivity contribution in [2.75, 3.05) is 26.2 Å². The van der Waals surface area contributed by atoms with Crippen LogP contribution < -0.4 is 0 Å². The fraction of sp³-hybridized carbons (Fsp3) is 0.292. The van der Waals surface area contributed by atoms with Gasteiger partial charge in [-0.15, -0.1) is 0 Å². The zero-order valence-corrected chi connectivity index (χ0v) is 20.1. The van der Waals surface area contributed by atoms with Gasteiger partial charge in [0.15, 0.2) is 0 Å². The number of nitro groups is 1. The van der Waals surface area contributed by atoms with E-state index in [1.165, 1.54) is 16.4 Å². The summed E-state index contributed by atoms with van der Waals surface area (Å²) in [6, 6.07) is 15.5. The molecule has 9 nitrogen and oxygen atoms in total. The Kier molecular flexibility index (Phi) is 6.28. The lowest BCUT2D eigenvalue weighted by molar-refractivity contribution is -0.385. The number of benzene rings is 2. The molecule has 34 heavy (non-hydrogen) atoms. The molecule has 0 N–H and O–H groups in total. The number of aryl methyl sites for hydroxylation is 2. The molecule has 0 bridgehead atoms. The summed E-state index contributed by atoms with van der Waals surface area (Å²) in [5, 5.41) is 11.1. The van der Waals surface area contributed by atoms with Gasteiger partial charge in [-0.05, 0) is 44.5 Å². The van der Waals surface area contributed by atoms with Gasteiger partial charge in [0, 0.05) is 55.4 Å². The molecule has 4 rings (SSSR count). The molecule has 1 aromatic heterocycles. The summed E-state index contributed by atoms with van der Waals surface area (Å²) in [5.74, 6) is -0.140. The molecular formula is C24H26N4O5S. The summed E-state index contributed by atoms with van der Waals surface area (Å²) in [6.07, 6.45) is 0. The number of piperazine rings is 1. The van der Waals surface area contributed by atoms with Crippen molar-refractivity contribution in [1.29, 1.82) is 0 Å². The van der Waals surface area contributed by atoms with Crippen molar-refractivity contribution in [3.8, 4) is 5.69 Å². The van der Waals surface area contributed by atoms with Crippen LogP contribution in [-0.2, 0) is 10.0 Å². The molecule has 1 amide bonds. The van der Waals surface area contributed by atoms with Gasteiger partial charge in [0.2, 0.25) is 10.0 Å². The van der Waals surface area contributed by atoms with Gasteiger partial charge in [0.1, 0.15) is 0 Å². The second-order valence-electron chi connectivity index (χ2n) is 8.36. The highest BCUT2D eigenvalue weighted by molar-refractivity contribution is 7.89. The number of amides is 1. The quantitative estimate of drug-likeness (QED) is 0.409. The molecule has 2 heterocycles. The average molecular weight is 483 g/mol. The first-order valence-electron chi connectivity index (χ1n) is 10.9. The summed E-state index contributed by atoms with van der Waals surface area (Å²) < 4.78 is 29.7. The van der Waals surface area contributed by atoms with E-state index in [2.05, 4.69) is 0 Å². The number of para-hydroxylation sites is 1. The first kappa shape index (κ1) is 23.7. The zero-order chi connectivity index (χ0) is 24.6. The maximum absolute atomic E-state index is 13.3. The summed E-state index contributed by atoms with van der Waals surface area (Å²) in [7, 11) is -3.92. The monoisotopic (exact) mass is 482 g/mol. The van der Waals surface area contributed by atoms with Crippen molar-refractivity contribution < 1.29 is 18.1 Å². The number of sulfonamides is 1. The van der Waals surface area contributed by atoms with Crippen molar-refractivity contribution >= 4 is 21.6 Å². The minimum absolute atomic E-state index is 0.0760. The number of carbonyl (C=O) groups excluding carboxylic acids is 1. The van der Waals surface area contributed by atoms with Crippen LogP contribution in [0, 0.1) is 30.9 Å². The van der Waals surface area contributed by atoms with Crippen LogP contribution in [0.2, 0.25) is 0 Å². The number of non-ortho nitro benzene ring substituents is 1. The van der Waals surface area contributed by atoms with E-state index in [1.54, 1.807) is 11.8 Å². The number of hydrogen-bond acceptors (Lipinski definition) is 5. The molecule has 0 unspecified atom stereocenters. The Labute approximate surface area is 198 Å². The number of hydrogen-bond donors (Lipinski definition) is 0. The van der Waals surface area contributed by atoms with Gasteiger partial charge in [0.25, 0.3) is 11.6 Å². The van der Waals surface area contributed by atoms with E-state index in [0.717, 1.165) is 23.1 Å². The maximum atomic E-state index is 13.3. The van der Waals surface area contributed by atoms with Crippen LogP contribution in [0.4, 0.5) is 5.69 Å². The number of carbonyl (C=O) groups is 1. The van der Waals surface area contributed by atoms with Crippen molar-refractivity contribution in [2.45, 2.75) is 25.7 Å². The SMILES string of the molecule is Cc1ccc([N+](=O)[O-])cc1S(=O)(=O)N1CCN(C(=O)c2cc(C)n(-c3ccccc3)c2C)CC1. The molecule has 1 saturated heterocycles. The maximum Gasteiger partial charge on any atom is 0.270 e. The molecule has 0 atom stereocenters. The van der Waals surface area contributed by atoms with Gasteiger partial charge in [-0.25, -0.2) is 8.42 Å². The average Bonchev–Trinajstić information content (AvgIpc) is 3.12. The third-order valence-electron chi connectivity index (χ3n) is 6.20. The van der Waals surface area contributed by atoms with Crippen molar-refractivity contribution in [2.24, 2.45) is 0 Å². The van der Waals surface area contributed by atoms with Gasteiger partial charge in [-0.2, -0.15) is 4.31 Å². The van der Waals surface area contributed by atoms with Crippen molar-refractivity contribution in [3.63, 3.8) is 0 Å². The van der Waals surface area contributed by atoms with Gasteiger partial charge in [-0.1, -0.05) is 24.3 Å². The molecule has 1 aliphatic rings. The van der Waals surface area contributed by atoms with E-state index in [4.69, 9.17) is 0 Å². The number of nitrogens with zero attached hydrogens (tertiary/aromatic N) is 4. The molecule has 0 spiro atoms. The van der Waals surface area contributed by atoms with Crippen LogP contribution in [0.1, 0.15) is 27.3 Å². The minimum Gasteiger partial charge on any atom is -0.336 e. The molecule has 3 aromatic rings. The molecule has 0 radical (unpaired) electrons. The molecule has 178 valence electrons. The molecule has 2 aromatic carbocycles. The summed E-state index contributed by atoms with van der Waals surface area (Å²) in [6.45, 7) is 6.17. The van der Waals surface area contributed by atoms with E-state index < -0.39 is 14.9 Å². The minimum atomic E-state index is -3.92. The smallest absolute Gasteiger partial charge is 0.270 e. The lowest BCUT2D eigenvalue weighted by Crippen LogP contribution is -2.50. The van der Waals surface area contributed by atoms with Gasteiger partial charge >= 0.3 is 0 Å². The number of aromatic nitrogens is 1. The second-order valence-corrected chi connectivity index (χ2v) is 10.3. The Morgan fingerprint density at radius 2 is 1.59 bits per heavy atom. The van der Waals surface area contributed by atoms with E-state index in [-0.39, 0.29) is 42.7 Å². The van der Waals surface area contributed by atoms with Gasteiger partial charge in [0.05, 0.1) is 15.4 Å². The molecule has 1 fully saturated rings. The van der Waals surface area contributed by atoms with Gasteiger partial charge < -0.3 is 9.47 Å². The molecule has 0 aliphatic carbocycles. The van der Waals surface area contributed by atoms with E-state index in [0.29, 0.717) is 11.1 Å². The standard InChI is InChI=1S/C24H26N4O5S/c1-17-9-10-21(28(30)31)16-23(17)34(32,33)26-13-11-25(12-14-26)24(29)22-15-18(2)27(19(22)3)20-7-5-4-6-8-20/h4-10,15-16H,11-14H2,1-3H3. The van der Waals surface area contributed by atoms with Crippen LogP contribution >= 0.6 is 0 Å².